The molecule has 3 N–H and O–H groups in total. The maximum Gasteiger partial charge on any atom is 0.237 e. The van der Waals surface area contributed by atoms with Crippen LogP contribution in [0.4, 0.5) is 5.69 Å². The van der Waals surface area contributed by atoms with Crippen LogP contribution in [0.5, 0.6) is 11.5 Å². The molecule has 1 aliphatic rings. The zero-order valence-electron chi connectivity index (χ0n) is 15.0. The summed E-state index contributed by atoms with van der Waals surface area (Å²) >= 11 is 0. The first-order valence-electron chi connectivity index (χ1n) is 8.52. The zero-order chi connectivity index (χ0) is 17.7. The van der Waals surface area contributed by atoms with E-state index < -0.39 is 6.04 Å². The number of nitrogens with zero attached hydrogens (tertiary/aromatic N) is 1. The molecule has 0 bridgehead atoms. The molecule has 3 atom stereocenters. The van der Waals surface area contributed by atoms with Gasteiger partial charge in [-0.05, 0) is 12.3 Å². The summed E-state index contributed by atoms with van der Waals surface area (Å²) in [6.45, 7) is 5.69. The number of nitrogens with two attached hydrogens (primary N) is 1. The first-order chi connectivity index (χ1) is 11.5. The lowest BCUT2D eigenvalue weighted by atomic mass is 9.99. The molecule has 1 fully saturated rings. The predicted molar refractivity (Wildman–Crippen MR) is 95.7 cm³/mol. The van der Waals surface area contributed by atoms with Crippen molar-refractivity contribution < 1.29 is 14.3 Å². The van der Waals surface area contributed by atoms with E-state index in [0.29, 0.717) is 0 Å². The van der Waals surface area contributed by atoms with Crippen molar-refractivity contribution in [2.75, 3.05) is 32.2 Å². The Hall–Kier alpha value is -1.95. The Morgan fingerprint density at radius 3 is 2.50 bits per heavy atom. The maximum atomic E-state index is 12.2. The van der Waals surface area contributed by atoms with Crippen LogP contribution in [0.2, 0.25) is 0 Å². The van der Waals surface area contributed by atoms with Gasteiger partial charge in [0.25, 0.3) is 0 Å². The lowest BCUT2D eigenvalue weighted by molar-refractivity contribution is -0.124. The van der Waals surface area contributed by atoms with Gasteiger partial charge in [0.2, 0.25) is 5.91 Å². The number of carbonyl (C=O) groups excluding carboxylic acids is 1. The highest BCUT2D eigenvalue weighted by Gasteiger charge is 2.27. The largest absolute Gasteiger partial charge is 0.497 e. The number of hydrogen-bond acceptors (Lipinski definition) is 5. The van der Waals surface area contributed by atoms with Gasteiger partial charge in [0.1, 0.15) is 11.5 Å². The molecule has 0 radical (unpaired) electrons. The van der Waals surface area contributed by atoms with Gasteiger partial charge in [0.05, 0.1) is 20.3 Å². The fraction of sp³-hybridized carbons (Fsp3) is 0.611. The number of methoxy groups -OCH3 is 2. The molecule has 1 amide bonds. The molecule has 0 spiro atoms. The first-order valence-corrected chi connectivity index (χ1v) is 8.52. The Balaban J connectivity index is 1.99. The normalized spacial score (nSPS) is 19.7. The van der Waals surface area contributed by atoms with Crippen LogP contribution in [0.25, 0.3) is 0 Å². The number of anilines is 1. The van der Waals surface area contributed by atoms with Crippen molar-refractivity contribution in [3.8, 4) is 11.5 Å². The van der Waals surface area contributed by atoms with Gasteiger partial charge < -0.3 is 25.4 Å². The van der Waals surface area contributed by atoms with Crippen molar-refractivity contribution in [3.05, 3.63) is 18.2 Å². The molecule has 1 aromatic carbocycles. The SMILES string of the molecule is CCC(C)C(N)C(=O)NC1CCN(c2cc(OC)cc(OC)c2)C1. The van der Waals surface area contributed by atoms with Gasteiger partial charge in [-0.2, -0.15) is 0 Å². The van der Waals surface area contributed by atoms with Crippen molar-refractivity contribution in [1.82, 2.24) is 5.32 Å². The minimum absolute atomic E-state index is 0.0561. The summed E-state index contributed by atoms with van der Waals surface area (Å²) in [5.74, 6) is 1.65. The van der Waals surface area contributed by atoms with Gasteiger partial charge in [-0.25, -0.2) is 0 Å². The second-order valence-corrected chi connectivity index (χ2v) is 6.42. The van der Waals surface area contributed by atoms with E-state index in [9.17, 15) is 4.79 Å². The van der Waals surface area contributed by atoms with Crippen molar-refractivity contribution in [1.29, 1.82) is 0 Å². The van der Waals surface area contributed by atoms with E-state index in [-0.39, 0.29) is 17.9 Å². The molecule has 6 nitrogen and oxygen atoms in total. The molecule has 1 aliphatic heterocycles. The third-order valence-corrected chi connectivity index (χ3v) is 4.80. The highest BCUT2D eigenvalue weighted by molar-refractivity contribution is 5.82. The average Bonchev–Trinajstić information content (AvgIpc) is 3.08. The average molecular weight is 335 g/mol. The molecular weight excluding hydrogens is 306 g/mol. The van der Waals surface area contributed by atoms with E-state index in [1.165, 1.54) is 0 Å². The van der Waals surface area contributed by atoms with Gasteiger partial charge in [-0.3, -0.25) is 4.79 Å². The quantitative estimate of drug-likeness (QED) is 0.794. The van der Waals surface area contributed by atoms with Gasteiger partial charge in [0.15, 0.2) is 0 Å². The molecule has 2 rings (SSSR count). The highest BCUT2D eigenvalue weighted by atomic mass is 16.5. The second-order valence-electron chi connectivity index (χ2n) is 6.42. The topological polar surface area (TPSA) is 76.8 Å². The monoisotopic (exact) mass is 335 g/mol. The molecule has 24 heavy (non-hydrogen) atoms. The predicted octanol–water partition coefficient (Wildman–Crippen LogP) is 1.77. The molecule has 0 saturated carbocycles. The van der Waals surface area contributed by atoms with E-state index in [0.717, 1.165) is 43.1 Å². The van der Waals surface area contributed by atoms with Gasteiger partial charge >= 0.3 is 0 Å². The van der Waals surface area contributed by atoms with Crippen LogP contribution in [-0.2, 0) is 4.79 Å². The van der Waals surface area contributed by atoms with Crippen molar-refractivity contribution >= 4 is 11.6 Å². The smallest absolute Gasteiger partial charge is 0.237 e. The summed E-state index contributed by atoms with van der Waals surface area (Å²) in [4.78, 5) is 14.5. The van der Waals surface area contributed by atoms with Crippen molar-refractivity contribution in [2.24, 2.45) is 11.7 Å². The van der Waals surface area contributed by atoms with Crippen LogP contribution < -0.4 is 25.4 Å². The lowest BCUT2D eigenvalue weighted by Gasteiger charge is -2.22. The number of amides is 1. The molecule has 1 heterocycles. The van der Waals surface area contributed by atoms with Crippen molar-refractivity contribution in [3.63, 3.8) is 0 Å². The number of benzene rings is 1. The highest BCUT2D eigenvalue weighted by Crippen LogP contribution is 2.30. The minimum atomic E-state index is -0.444. The van der Waals surface area contributed by atoms with E-state index >= 15 is 0 Å². The molecule has 1 saturated heterocycles. The molecular formula is C18H29N3O3. The second kappa shape index (κ2) is 8.24. The zero-order valence-corrected chi connectivity index (χ0v) is 15.0. The maximum absolute atomic E-state index is 12.2. The van der Waals surface area contributed by atoms with Gasteiger partial charge in [-0.1, -0.05) is 20.3 Å². The summed E-state index contributed by atoms with van der Waals surface area (Å²) in [7, 11) is 3.28. The van der Waals surface area contributed by atoms with Gasteiger partial charge in [-0.15, -0.1) is 0 Å². The van der Waals surface area contributed by atoms with Crippen molar-refractivity contribution in [2.45, 2.75) is 38.8 Å². The third kappa shape index (κ3) is 4.32. The van der Waals surface area contributed by atoms with E-state index in [4.69, 9.17) is 15.2 Å². The van der Waals surface area contributed by atoms with E-state index in [1.807, 2.05) is 32.0 Å². The molecule has 0 aromatic heterocycles. The van der Waals surface area contributed by atoms with E-state index in [1.54, 1.807) is 14.2 Å². The standard InChI is InChI=1S/C18H29N3O3/c1-5-12(2)17(19)18(22)20-13-6-7-21(11-13)14-8-15(23-3)10-16(9-14)24-4/h8-10,12-13,17H,5-7,11,19H2,1-4H3,(H,20,22). The summed E-state index contributed by atoms with van der Waals surface area (Å²) in [6, 6.07) is 5.49. The van der Waals surface area contributed by atoms with Crippen LogP contribution in [0.15, 0.2) is 18.2 Å². The molecule has 6 heteroatoms. The Kier molecular flexibility index (Phi) is 6.31. The summed E-state index contributed by atoms with van der Waals surface area (Å²) in [5, 5.41) is 3.08. The lowest BCUT2D eigenvalue weighted by Crippen LogP contribution is -2.49. The number of carbonyl (C=O) groups is 1. The molecule has 134 valence electrons. The summed E-state index contributed by atoms with van der Waals surface area (Å²) in [6.07, 6.45) is 1.80. The fourth-order valence-electron chi connectivity index (χ4n) is 2.90. The summed E-state index contributed by atoms with van der Waals surface area (Å²) in [5.41, 5.74) is 7.05. The van der Waals surface area contributed by atoms with Crippen LogP contribution in [-0.4, -0.2) is 45.3 Å². The molecule has 1 aromatic rings. The van der Waals surface area contributed by atoms with Crippen LogP contribution in [0.1, 0.15) is 26.7 Å². The Bertz CT molecular complexity index is 542. The Labute approximate surface area is 144 Å². The van der Waals surface area contributed by atoms with E-state index in [2.05, 4.69) is 10.2 Å². The molecule has 0 aliphatic carbocycles. The third-order valence-electron chi connectivity index (χ3n) is 4.80. The first kappa shape index (κ1) is 18.4. The number of nitrogens with one attached hydrogen (secondary N) is 1. The fourth-order valence-corrected chi connectivity index (χ4v) is 2.90. The number of ether oxygens (including phenoxy) is 2. The summed E-state index contributed by atoms with van der Waals surface area (Å²) < 4.78 is 10.7. The van der Waals surface area contributed by atoms with Crippen LogP contribution >= 0.6 is 0 Å². The van der Waals surface area contributed by atoms with Crippen LogP contribution in [0, 0.1) is 5.92 Å². The Morgan fingerprint density at radius 1 is 1.33 bits per heavy atom. The van der Waals surface area contributed by atoms with Crippen LogP contribution in [0.3, 0.4) is 0 Å². The number of hydrogen-bond donors (Lipinski definition) is 2. The minimum Gasteiger partial charge on any atom is -0.497 e. The van der Waals surface area contributed by atoms with Gasteiger partial charge in [0, 0.05) is 43.0 Å². The Morgan fingerprint density at radius 2 is 1.96 bits per heavy atom. The molecule has 3 unspecified atom stereocenters. The number of rotatable bonds is 7.